The minimum Gasteiger partial charge on any atom is -0.391 e. The Bertz CT molecular complexity index is 763. The molecule has 0 aliphatic carbocycles. The SMILES string of the molecule is CCCCCCCCCCCCCCCCCCCCCCC(=O)N[C@@H](COP(=O)(O)O)[C@H](O)CCCCCCCCCCCCCCCCC. The van der Waals surface area contributed by atoms with E-state index < -0.39 is 26.6 Å². The van der Waals surface area contributed by atoms with E-state index in [1.54, 1.807) is 0 Å². The molecule has 0 saturated heterocycles. The number of aliphatic hydroxyl groups is 1. The summed E-state index contributed by atoms with van der Waals surface area (Å²) in [6, 6.07) is -0.818. The number of nitrogens with one attached hydrogen (secondary N) is 1. The van der Waals surface area contributed by atoms with Gasteiger partial charge in [-0.15, -0.1) is 0 Å². The summed E-state index contributed by atoms with van der Waals surface area (Å²) in [5.74, 6) is -0.188. The molecule has 306 valence electrons. The number of phosphoric acid groups is 1. The molecule has 51 heavy (non-hydrogen) atoms. The van der Waals surface area contributed by atoms with Gasteiger partial charge in [-0.3, -0.25) is 9.32 Å². The molecular formula is C43H88NO6P. The first-order chi connectivity index (χ1) is 24.8. The van der Waals surface area contributed by atoms with Gasteiger partial charge in [-0.2, -0.15) is 0 Å². The lowest BCUT2D eigenvalue weighted by Gasteiger charge is -2.24. The molecule has 0 aliphatic rings. The Labute approximate surface area is 317 Å². The maximum atomic E-state index is 12.6. The highest BCUT2D eigenvalue weighted by atomic mass is 31.2. The number of unbranched alkanes of at least 4 members (excludes halogenated alkanes) is 33. The van der Waals surface area contributed by atoms with Crippen LogP contribution in [-0.4, -0.2) is 39.6 Å². The number of aliphatic hydroxyl groups excluding tert-OH is 1. The third-order valence-corrected chi connectivity index (χ3v) is 11.1. The minimum absolute atomic E-state index is 0.188. The van der Waals surface area contributed by atoms with Crippen LogP contribution < -0.4 is 5.32 Å². The summed E-state index contributed by atoms with van der Waals surface area (Å²) >= 11 is 0. The number of rotatable bonds is 42. The molecule has 0 aromatic heterocycles. The van der Waals surface area contributed by atoms with Crippen molar-refractivity contribution in [3.63, 3.8) is 0 Å². The van der Waals surface area contributed by atoms with E-state index in [9.17, 15) is 24.3 Å². The molecule has 0 aromatic rings. The lowest BCUT2D eigenvalue weighted by atomic mass is 10.0. The van der Waals surface area contributed by atoms with Crippen molar-refractivity contribution in [1.82, 2.24) is 5.32 Å². The van der Waals surface area contributed by atoms with Gasteiger partial charge >= 0.3 is 7.82 Å². The van der Waals surface area contributed by atoms with Crippen LogP contribution in [0.4, 0.5) is 0 Å². The van der Waals surface area contributed by atoms with Gasteiger partial charge in [-0.05, 0) is 12.8 Å². The highest BCUT2D eigenvalue weighted by molar-refractivity contribution is 7.46. The van der Waals surface area contributed by atoms with Crippen molar-refractivity contribution < 1.29 is 28.8 Å². The van der Waals surface area contributed by atoms with Gasteiger partial charge in [0.25, 0.3) is 0 Å². The predicted molar refractivity (Wildman–Crippen MR) is 218 cm³/mol. The lowest BCUT2D eigenvalue weighted by Crippen LogP contribution is -2.46. The Morgan fingerprint density at radius 2 is 0.765 bits per heavy atom. The molecule has 2 atom stereocenters. The van der Waals surface area contributed by atoms with Crippen molar-refractivity contribution in [1.29, 1.82) is 0 Å². The second kappa shape index (κ2) is 39.2. The first-order valence-electron chi connectivity index (χ1n) is 22.5. The van der Waals surface area contributed by atoms with Crippen LogP contribution in [0, 0.1) is 0 Å². The molecule has 0 rings (SSSR count). The van der Waals surface area contributed by atoms with E-state index in [1.807, 2.05) is 0 Å². The standard InChI is InChI=1S/C43H88NO6P/c1-3-5-7-9-11-13-15-17-19-20-21-22-23-25-27-29-31-33-35-37-39-43(46)44-41(40-50-51(47,48)49)42(45)38-36-34-32-30-28-26-24-18-16-14-12-10-8-6-4-2/h41-42,45H,3-40H2,1-2H3,(H,44,46)(H2,47,48,49)/t41-,42+/m0/s1. The molecule has 0 bridgehead atoms. The smallest absolute Gasteiger partial charge is 0.391 e. The summed E-state index contributed by atoms with van der Waals surface area (Å²) in [5, 5.41) is 13.5. The van der Waals surface area contributed by atoms with Gasteiger partial charge in [-0.1, -0.05) is 232 Å². The quantitative estimate of drug-likeness (QED) is 0.0365. The Kier molecular flexibility index (Phi) is 38.9. The van der Waals surface area contributed by atoms with E-state index in [0.29, 0.717) is 12.8 Å². The van der Waals surface area contributed by atoms with E-state index in [-0.39, 0.29) is 5.91 Å². The molecule has 4 N–H and O–H groups in total. The van der Waals surface area contributed by atoms with Crippen LogP contribution in [0.1, 0.15) is 251 Å². The monoisotopic (exact) mass is 746 g/mol. The first-order valence-corrected chi connectivity index (χ1v) is 24.0. The van der Waals surface area contributed by atoms with Crippen LogP contribution in [0.2, 0.25) is 0 Å². The number of hydrogen-bond acceptors (Lipinski definition) is 4. The predicted octanol–water partition coefficient (Wildman–Crippen LogP) is 13.4. The van der Waals surface area contributed by atoms with Crippen LogP contribution in [0.5, 0.6) is 0 Å². The van der Waals surface area contributed by atoms with Gasteiger partial charge in [0.05, 0.1) is 18.8 Å². The number of amides is 1. The largest absolute Gasteiger partial charge is 0.469 e. The zero-order valence-electron chi connectivity index (χ0n) is 34.0. The zero-order valence-corrected chi connectivity index (χ0v) is 34.9. The molecule has 0 aliphatic heterocycles. The molecule has 0 fully saturated rings. The van der Waals surface area contributed by atoms with Gasteiger partial charge in [0.15, 0.2) is 0 Å². The Morgan fingerprint density at radius 1 is 0.490 bits per heavy atom. The fraction of sp³-hybridized carbons (Fsp3) is 0.977. The van der Waals surface area contributed by atoms with Crippen molar-refractivity contribution in [2.75, 3.05) is 6.61 Å². The molecular weight excluding hydrogens is 657 g/mol. The first kappa shape index (κ1) is 50.5. The topological polar surface area (TPSA) is 116 Å². The fourth-order valence-electron chi connectivity index (χ4n) is 7.17. The van der Waals surface area contributed by atoms with Crippen LogP contribution in [0.3, 0.4) is 0 Å². The summed E-state index contributed by atoms with van der Waals surface area (Å²) in [4.78, 5) is 31.0. The molecule has 0 heterocycles. The van der Waals surface area contributed by atoms with Gasteiger partial charge in [-0.25, -0.2) is 4.57 Å². The Hall–Kier alpha value is -0.460. The fourth-order valence-corrected chi connectivity index (χ4v) is 7.53. The molecule has 0 spiro atoms. The van der Waals surface area contributed by atoms with Crippen LogP contribution in [-0.2, 0) is 13.9 Å². The van der Waals surface area contributed by atoms with Crippen molar-refractivity contribution in [2.24, 2.45) is 0 Å². The number of carbonyl (C=O) groups excluding carboxylic acids is 1. The molecule has 0 unspecified atom stereocenters. The third kappa shape index (κ3) is 40.6. The number of carbonyl (C=O) groups is 1. The van der Waals surface area contributed by atoms with Gasteiger partial charge in [0.1, 0.15) is 0 Å². The molecule has 7 nitrogen and oxygen atoms in total. The molecule has 0 aromatic carbocycles. The van der Waals surface area contributed by atoms with Crippen LogP contribution in [0.15, 0.2) is 0 Å². The second-order valence-electron chi connectivity index (χ2n) is 15.7. The highest BCUT2D eigenvalue weighted by Crippen LogP contribution is 2.36. The summed E-state index contributed by atoms with van der Waals surface area (Å²) in [6.07, 6.45) is 45.2. The summed E-state index contributed by atoms with van der Waals surface area (Å²) < 4.78 is 16.0. The maximum Gasteiger partial charge on any atom is 0.469 e. The average Bonchev–Trinajstić information content (AvgIpc) is 3.10. The lowest BCUT2D eigenvalue weighted by molar-refractivity contribution is -0.123. The Balaban J connectivity index is 3.82. The number of phosphoric ester groups is 1. The summed E-state index contributed by atoms with van der Waals surface area (Å²) in [5.41, 5.74) is 0. The second-order valence-corrected chi connectivity index (χ2v) is 17.0. The summed E-state index contributed by atoms with van der Waals surface area (Å²) in [6.45, 7) is 4.15. The molecule has 0 saturated carbocycles. The summed E-state index contributed by atoms with van der Waals surface area (Å²) in [7, 11) is -4.69. The zero-order chi connectivity index (χ0) is 37.5. The van der Waals surface area contributed by atoms with E-state index in [4.69, 9.17) is 0 Å². The van der Waals surface area contributed by atoms with Crippen molar-refractivity contribution in [2.45, 2.75) is 264 Å². The van der Waals surface area contributed by atoms with Crippen LogP contribution in [0.25, 0.3) is 0 Å². The van der Waals surface area contributed by atoms with E-state index in [0.717, 1.165) is 38.5 Å². The van der Waals surface area contributed by atoms with Crippen molar-refractivity contribution in [3.05, 3.63) is 0 Å². The third-order valence-electron chi connectivity index (χ3n) is 10.6. The molecule has 8 heteroatoms. The number of hydrogen-bond donors (Lipinski definition) is 4. The minimum atomic E-state index is -4.69. The van der Waals surface area contributed by atoms with E-state index in [2.05, 4.69) is 23.7 Å². The average molecular weight is 746 g/mol. The van der Waals surface area contributed by atoms with Gasteiger partial charge in [0, 0.05) is 6.42 Å². The van der Waals surface area contributed by atoms with Crippen molar-refractivity contribution in [3.8, 4) is 0 Å². The normalized spacial score (nSPS) is 13.1. The maximum absolute atomic E-state index is 12.6. The Morgan fingerprint density at radius 3 is 1.06 bits per heavy atom. The van der Waals surface area contributed by atoms with Gasteiger partial charge in [0.2, 0.25) is 5.91 Å². The molecule has 0 radical (unpaired) electrons. The highest BCUT2D eigenvalue weighted by Gasteiger charge is 2.25. The molecule has 1 amide bonds. The van der Waals surface area contributed by atoms with Gasteiger partial charge < -0.3 is 20.2 Å². The van der Waals surface area contributed by atoms with Crippen molar-refractivity contribution >= 4 is 13.7 Å². The van der Waals surface area contributed by atoms with E-state index >= 15 is 0 Å². The van der Waals surface area contributed by atoms with Crippen LogP contribution >= 0.6 is 7.82 Å². The van der Waals surface area contributed by atoms with E-state index in [1.165, 1.54) is 186 Å².